The van der Waals surface area contributed by atoms with Crippen LogP contribution in [-0.4, -0.2) is 23.6 Å². The van der Waals surface area contributed by atoms with E-state index < -0.39 is 0 Å². The summed E-state index contributed by atoms with van der Waals surface area (Å²) in [5.41, 5.74) is 3.34. The summed E-state index contributed by atoms with van der Waals surface area (Å²) in [4.78, 5) is 17.7. The minimum Gasteiger partial charge on any atom is -0.493 e. The number of hydrogen-bond donors (Lipinski definition) is 0. The zero-order valence-corrected chi connectivity index (χ0v) is 15.6. The molecule has 0 spiro atoms. The van der Waals surface area contributed by atoms with Crippen molar-refractivity contribution in [3.63, 3.8) is 0 Å². The highest BCUT2D eigenvalue weighted by atomic mass is 35.5. The number of benzene rings is 2. The van der Waals surface area contributed by atoms with Gasteiger partial charge in [-0.2, -0.15) is 0 Å². The molecule has 3 rings (SSSR count). The Labute approximate surface area is 153 Å². The van der Waals surface area contributed by atoms with Gasteiger partial charge in [-0.05, 0) is 62.6 Å². The lowest BCUT2D eigenvalue weighted by molar-refractivity contribution is 0.0997. The van der Waals surface area contributed by atoms with Crippen molar-refractivity contribution in [2.24, 2.45) is 4.99 Å². The minimum absolute atomic E-state index is 0.0152. The average molecular weight is 356 g/mol. The van der Waals surface area contributed by atoms with E-state index >= 15 is 0 Å². The van der Waals surface area contributed by atoms with Gasteiger partial charge in [0.05, 0.1) is 29.8 Å². The molecule has 1 aliphatic rings. The maximum Gasteiger partial charge on any atom is 0.172 e. The van der Waals surface area contributed by atoms with Crippen molar-refractivity contribution < 1.29 is 9.53 Å². The van der Waals surface area contributed by atoms with E-state index in [-0.39, 0.29) is 17.7 Å². The Hall–Kier alpha value is -2.13. The standard InChI is InChI=1S/C21H22ClNO2/c1-4-25-20-8-6-5-7-17(20)19(24)12-18-16-10-9-15(22)11-14(16)13-21(2,3)23-18/h5-11H,4,12-13H2,1-3H3. The first-order valence-corrected chi connectivity index (χ1v) is 8.90. The summed E-state index contributed by atoms with van der Waals surface area (Å²) in [6.45, 7) is 6.60. The largest absolute Gasteiger partial charge is 0.493 e. The molecule has 130 valence electrons. The lowest BCUT2D eigenvalue weighted by Crippen LogP contribution is -2.30. The van der Waals surface area contributed by atoms with Crippen molar-refractivity contribution in [3.8, 4) is 5.75 Å². The van der Waals surface area contributed by atoms with Gasteiger partial charge in [0, 0.05) is 5.02 Å². The van der Waals surface area contributed by atoms with Gasteiger partial charge in [0.1, 0.15) is 5.75 Å². The Morgan fingerprint density at radius 3 is 2.76 bits per heavy atom. The second-order valence-electron chi connectivity index (χ2n) is 6.88. The summed E-state index contributed by atoms with van der Waals surface area (Å²) in [6, 6.07) is 13.2. The SMILES string of the molecule is CCOc1ccccc1C(=O)CC1=NC(C)(C)Cc2cc(Cl)ccc21. The number of carbonyl (C=O) groups is 1. The average Bonchev–Trinajstić information content (AvgIpc) is 2.54. The van der Waals surface area contributed by atoms with Crippen LogP contribution in [0.3, 0.4) is 0 Å². The number of fused-ring (bicyclic) bond motifs is 1. The number of rotatable bonds is 5. The molecule has 0 radical (unpaired) electrons. The third-order valence-corrected chi connectivity index (χ3v) is 4.49. The number of hydrogen-bond acceptors (Lipinski definition) is 3. The zero-order valence-electron chi connectivity index (χ0n) is 14.8. The summed E-state index contributed by atoms with van der Waals surface area (Å²) < 4.78 is 5.60. The number of aliphatic imine (C=N–C) groups is 1. The van der Waals surface area contributed by atoms with Gasteiger partial charge >= 0.3 is 0 Å². The van der Waals surface area contributed by atoms with Gasteiger partial charge in [0.2, 0.25) is 0 Å². The maximum absolute atomic E-state index is 12.9. The molecule has 2 aromatic rings. The molecule has 4 heteroatoms. The maximum atomic E-state index is 12.9. The quantitative estimate of drug-likeness (QED) is 0.697. The molecule has 0 aromatic heterocycles. The molecular weight excluding hydrogens is 334 g/mol. The van der Waals surface area contributed by atoms with Gasteiger partial charge in [-0.3, -0.25) is 9.79 Å². The van der Waals surface area contributed by atoms with Crippen LogP contribution in [-0.2, 0) is 6.42 Å². The third-order valence-electron chi connectivity index (χ3n) is 4.25. The molecule has 1 aliphatic heterocycles. The molecule has 0 amide bonds. The van der Waals surface area contributed by atoms with Crippen LogP contribution in [0, 0.1) is 0 Å². The lowest BCUT2D eigenvalue weighted by atomic mass is 9.85. The second kappa shape index (κ2) is 7.01. The van der Waals surface area contributed by atoms with Crippen molar-refractivity contribution in [1.82, 2.24) is 0 Å². The molecule has 25 heavy (non-hydrogen) atoms. The number of Topliss-reactive ketones (excluding diaryl/α,β-unsaturated/α-hetero) is 1. The lowest BCUT2D eigenvalue weighted by Gasteiger charge is -2.29. The van der Waals surface area contributed by atoms with Crippen molar-refractivity contribution in [2.45, 2.75) is 39.2 Å². The van der Waals surface area contributed by atoms with E-state index in [0.29, 0.717) is 22.9 Å². The highest BCUT2D eigenvalue weighted by molar-refractivity contribution is 6.31. The Kier molecular flexibility index (Phi) is 4.96. The van der Waals surface area contributed by atoms with E-state index in [0.717, 1.165) is 23.3 Å². The highest BCUT2D eigenvalue weighted by Crippen LogP contribution is 2.31. The van der Waals surface area contributed by atoms with E-state index in [1.54, 1.807) is 0 Å². The second-order valence-corrected chi connectivity index (χ2v) is 7.31. The van der Waals surface area contributed by atoms with E-state index in [1.165, 1.54) is 0 Å². The topological polar surface area (TPSA) is 38.7 Å². The van der Waals surface area contributed by atoms with Crippen LogP contribution in [0.25, 0.3) is 0 Å². The van der Waals surface area contributed by atoms with E-state index in [2.05, 4.69) is 13.8 Å². The molecule has 0 saturated carbocycles. The molecule has 0 saturated heterocycles. The Balaban J connectivity index is 1.94. The Morgan fingerprint density at radius 2 is 2.00 bits per heavy atom. The number of para-hydroxylation sites is 1. The number of ketones is 1. The van der Waals surface area contributed by atoms with Crippen LogP contribution in [0.15, 0.2) is 47.5 Å². The zero-order chi connectivity index (χ0) is 18.0. The molecule has 0 aliphatic carbocycles. The first kappa shape index (κ1) is 17.7. The summed E-state index contributed by atoms with van der Waals surface area (Å²) >= 11 is 6.15. The molecule has 0 fully saturated rings. The first-order valence-electron chi connectivity index (χ1n) is 8.52. The number of carbonyl (C=O) groups excluding carboxylic acids is 1. The molecule has 0 N–H and O–H groups in total. The van der Waals surface area contributed by atoms with Crippen LogP contribution in [0.2, 0.25) is 5.02 Å². The smallest absolute Gasteiger partial charge is 0.172 e. The van der Waals surface area contributed by atoms with Crippen LogP contribution in [0.4, 0.5) is 0 Å². The highest BCUT2D eigenvalue weighted by Gasteiger charge is 2.28. The normalized spacial score (nSPS) is 15.3. The fourth-order valence-corrected chi connectivity index (χ4v) is 3.48. The van der Waals surface area contributed by atoms with Crippen LogP contribution >= 0.6 is 11.6 Å². The number of ether oxygens (including phenoxy) is 1. The molecule has 0 unspecified atom stereocenters. The monoisotopic (exact) mass is 355 g/mol. The predicted octanol–water partition coefficient (Wildman–Crippen LogP) is 5.14. The van der Waals surface area contributed by atoms with Gasteiger partial charge < -0.3 is 4.74 Å². The van der Waals surface area contributed by atoms with Crippen LogP contribution in [0.1, 0.15) is 48.7 Å². The third kappa shape index (κ3) is 3.93. The fourth-order valence-electron chi connectivity index (χ4n) is 3.28. The van der Waals surface area contributed by atoms with Gasteiger partial charge in [0.15, 0.2) is 5.78 Å². The van der Waals surface area contributed by atoms with Crippen LogP contribution in [0.5, 0.6) is 5.75 Å². The molecule has 3 nitrogen and oxygen atoms in total. The molecule has 0 bridgehead atoms. The fraction of sp³-hybridized carbons (Fsp3) is 0.333. The van der Waals surface area contributed by atoms with E-state index in [1.807, 2.05) is 49.4 Å². The van der Waals surface area contributed by atoms with E-state index in [9.17, 15) is 4.79 Å². The number of nitrogens with zero attached hydrogens (tertiary/aromatic N) is 1. The van der Waals surface area contributed by atoms with Crippen molar-refractivity contribution in [2.75, 3.05) is 6.61 Å². The van der Waals surface area contributed by atoms with Crippen molar-refractivity contribution in [3.05, 3.63) is 64.2 Å². The molecular formula is C21H22ClNO2. The number of halogens is 1. The summed E-state index contributed by atoms with van der Waals surface area (Å²) in [7, 11) is 0. The van der Waals surface area contributed by atoms with Gasteiger partial charge in [-0.25, -0.2) is 0 Å². The summed E-state index contributed by atoms with van der Waals surface area (Å²) in [6.07, 6.45) is 1.07. The Bertz CT molecular complexity index is 840. The predicted molar refractivity (Wildman–Crippen MR) is 102 cm³/mol. The summed E-state index contributed by atoms with van der Waals surface area (Å²) in [5, 5.41) is 0.712. The van der Waals surface area contributed by atoms with Gasteiger partial charge in [-0.15, -0.1) is 0 Å². The first-order chi connectivity index (χ1) is 11.9. The van der Waals surface area contributed by atoms with Crippen LogP contribution < -0.4 is 4.74 Å². The molecule has 0 atom stereocenters. The van der Waals surface area contributed by atoms with E-state index in [4.69, 9.17) is 21.3 Å². The Morgan fingerprint density at radius 1 is 1.24 bits per heavy atom. The van der Waals surface area contributed by atoms with Crippen molar-refractivity contribution >= 4 is 23.1 Å². The molecule has 1 heterocycles. The van der Waals surface area contributed by atoms with Gasteiger partial charge in [0.25, 0.3) is 0 Å². The minimum atomic E-state index is -0.243. The van der Waals surface area contributed by atoms with Gasteiger partial charge in [-0.1, -0.05) is 29.8 Å². The summed E-state index contributed by atoms with van der Waals surface area (Å²) in [5.74, 6) is 0.642. The van der Waals surface area contributed by atoms with Crippen molar-refractivity contribution in [1.29, 1.82) is 0 Å². The molecule has 2 aromatic carbocycles.